The number of rotatable bonds is 7. The summed E-state index contributed by atoms with van der Waals surface area (Å²) in [5.41, 5.74) is 0.971. The molecule has 0 aliphatic carbocycles. The van der Waals surface area contributed by atoms with Crippen LogP contribution in [-0.4, -0.2) is 57.9 Å². The first kappa shape index (κ1) is 17.6. The predicted octanol–water partition coefficient (Wildman–Crippen LogP) is 0.287. The lowest BCUT2D eigenvalue weighted by Gasteiger charge is -2.23. The standard InChI is InChI=1S/C14H23N3O3S/c1-12(18)17(11-10-16(2)3)9-8-13-4-6-14(7-5-13)21(15,19)20/h4-7H,8-11H2,1-3H3,(H2,15,19,20). The lowest BCUT2D eigenvalue weighted by molar-refractivity contribution is -0.128. The number of hydrogen-bond donors (Lipinski definition) is 1. The zero-order chi connectivity index (χ0) is 16.0. The largest absolute Gasteiger partial charge is 0.341 e. The van der Waals surface area contributed by atoms with Crippen LogP contribution in [0.4, 0.5) is 0 Å². The monoisotopic (exact) mass is 313 g/mol. The number of primary sulfonamides is 1. The minimum atomic E-state index is -3.65. The first-order valence-corrected chi connectivity index (χ1v) is 8.27. The molecule has 0 saturated heterocycles. The molecule has 0 atom stereocenters. The van der Waals surface area contributed by atoms with E-state index < -0.39 is 10.0 Å². The number of nitrogens with two attached hydrogens (primary N) is 1. The second-order valence-corrected chi connectivity index (χ2v) is 6.81. The van der Waals surface area contributed by atoms with E-state index in [1.54, 1.807) is 24.0 Å². The molecule has 0 bridgehead atoms. The van der Waals surface area contributed by atoms with Crippen molar-refractivity contribution in [1.82, 2.24) is 9.80 Å². The van der Waals surface area contributed by atoms with Crippen molar-refractivity contribution in [3.05, 3.63) is 29.8 Å². The zero-order valence-corrected chi connectivity index (χ0v) is 13.6. The maximum atomic E-state index is 11.6. The van der Waals surface area contributed by atoms with Crippen LogP contribution in [0, 0.1) is 0 Å². The Morgan fingerprint density at radius 1 is 1.10 bits per heavy atom. The summed E-state index contributed by atoms with van der Waals surface area (Å²) in [5, 5.41) is 5.05. The fourth-order valence-electron chi connectivity index (χ4n) is 1.86. The van der Waals surface area contributed by atoms with Crippen molar-refractivity contribution in [3.63, 3.8) is 0 Å². The Balaban J connectivity index is 2.62. The highest BCUT2D eigenvalue weighted by Gasteiger charge is 2.10. The number of likely N-dealkylation sites (N-methyl/N-ethyl adjacent to an activating group) is 1. The summed E-state index contributed by atoms with van der Waals surface area (Å²) >= 11 is 0. The maximum Gasteiger partial charge on any atom is 0.238 e. The lowest BCUT2D eigenvalue weighted by atomic mass is 10.1. The third-order valence-corrected chi connectivity index (χ3v) is 4.11. The van der Waals surface area contributed by atoms with E-state index in [1.165, 1.54) is 12.1 Å². The Morgan fingerprint density at radius 2 is 1.67 bits per heavy atom. The zero-order valence-electron chi connectivity index (χ0n) is 12.7. The molecule has 2 N–H and O–H groups in total. The molecule has 0 spiro atoms. The summed E-state index contributed by atoms with van der Waals surface area (Å²) < 4.78 is 22.3. The average Bonchev–Trinajstić information content (AvgIpc) is 2.37. The number of sulfonamides is 1. The molecule has 7 heteroatoms. The molecule has 1 rings (SSSR count). The quantitative estimate of drug-likeness (QED) is 0.784. The molecule has 118 valence electrons. The fraction of sp³-hybridized carbons (Fsp3) is 0.500. The number of nitrogens with zero attached hydrogens (tertiary/aromatic N) is 2. The molecule has 6 nitrogen and oxygen atoms in total. The Kier molecular flexibility index (Phi) is 6.32. The molecule has 1 amide bonds. The molecule has 0 aliphatic heterocycles. The maximum absolute atomic E-state index is 11.6. The van der Waals surface area contributed by atoms with Gasteiger partial charge >= 0.3 is 0 Å². The minimum absolute atomic E-state index is 0.0398. The van der Waals surface area contributed by atoms with Gasteiger partial charge in [0.1, 0.15) is 0 Å². The molecule has 0 aliphatic rings. The highest BCUT2D eigenvalue weighted by molar-refractivity contribution is 7.89. The van der Waals surface area contributed by atoms with Gasteiger partial charge < -0.3 is 9.80 Å². The van der Waals surface area contributed by atoms with Gasteiger partial charge in [0.2, 0.25) is 15.9 Å². The van der Waals surface area contributed by atoms with E-state index in [0.29, 0.717) is 19.5 Å². The molecule has 0 unspecified atom stereocenters. The normalized spacial score (nSPS) is 11.7. The number of carbonyl (C=O) groups excluding carboxylic acids is 1. The highest BCUT2D eigenvalue weighted by Crippen LogP contribution is 2.09. The van der Waals surface area contributed by atoms with E-state index in [4.69, 9.17) is 5.14 Å². The SMILES string of the molecule is CC(=O)N(CCc1ccc(S(N)(=O)=O)cc1)CCN(C)C. The van der Waals surface area contributed by atoms with Crippen molar-refractivity contribution in [2.24, 2.45) is 5.14 Å². The first-order chi connectivity index (χ1) is 9.70. The number of carbonyl (C=O) groups is 1. The van der Waals surface area contributed by atoms with E-state index in [1.807, 2.05) is 19.0 Å². The third-order valence-electron chi connectivity index (χ3n) is 3.18. The molecule has 0 saturated carbocycles. The molecule has 0 aromatic heterocycles. The van der Waals surface area contributed by atoms with Crippen molar-refractivity contribution in [2.75, 3.05) is 33.7 Å². The summed E-state index contributed by atoms with van der Waals surface area (Å²) in [6.45, 7) is 3.65. The van der Waals surface area contributed by atoms with Crippen LogP contribution in [0.5, 0.6) is 0 Å². The van der Waals surface area contributed by atoms with Crippen molar-refractivity contribution in [2.45, 2.75) is 18.2 Å². The Hall–Kier alpha value is -1.44. The van der Waals surface area contributed by atoms with Crippen LogP contribution in [0.25, 0.3) is 0 Å². The van der Waals surface area contributed by atoms with Gasteiger partial charge in [0, 0.05) is 26.6 Å². The first-order valence-electron chi connectivity index (χ1n) is 6.72. The number of hydrogen-bond acceptors (Lipinski definition) is 4. The van der Waals surface area contributed by atoms with Crippen LogP contribution in [0.15, 0.2) is 29.2 Å². The van der Waals surface area contributed by atoms with Crippen LogP contribution in [-0.2, 0) is 21.2 Å². The molecular weight excluding hydrogens is 290 g/mol. The fourth-order valence-corrected chi connectivity index (χ4v) is 2.37. The molecule has 21 heavy (non-hydrogen) atoms. The van der Waals surface area contributed by atoms with Gasteiger partial charge in [-0.25, -0.2) is 13.6 Å². The molecular formula is C14H23N3O3S. The molecule has 0 radical (unpaired) electrons. The molecule has 1 aromatic rings. The highest BCUT2D eigenvalue weighted by atomic mass is 32.2. The van der Waals surface area contributed by atoms with Crippen LogP contribution in [0.3, 0.4) is 0 Å². The second kappa shape index (κ2) is 7.53. The smallest absolute Gasteiger partial charge is 0.238 e. The van der Waals surface area contributed by atoms with Crippen LogP contribution < -0.4 is 5.14 Å². The van der Waals surface area contributed by atoms with Gasteiger partial charge in [0.25, 0.3) is 0 Å². The van der Waals surface area contributed by atoms with Crippen LogP contribution >= 0.6 is 0 Å². The van der Waals surface area contributed by atoms with Crippen molar-refractivity contribution >= 4 is 15.9 Å². The summed E-state index contributed by atoms with van der Waals surface area (Å²) in [4.78, 5) is 15.5. The van der Waals surface area contributed by atoms with Gasteiger partial charge in [-0.2, -0.15) is 0 Å². The summed E-state index contributed by atoms with van der Waals surface area (Å²) in [5.74, 6) is 0.0398. The van der Waals surface area contributed by atoms with E-state index >= 15 is 0 Å². The van der Waals surface area contributed by atoms with Gasteiger partial charge in [-0.3, -0.25) is 4.79 Å². The van der Waals surface area contributed by atoms with Crippen LogP contribution in [0.2, 0.25) is 0 Å². The van der Waals surface area contributed by atoms with Crippen molar-refractivity contribution in [1.29, 1.82) is 0 Å². The molecule has 0 heterocycles. The number of benzene rings is 1. The lowest BCUT2D eigenvalue weighted by Crippen LogP contribution is -2.36. The topological polar surface area (TPSA) is 83.7 Å². The van der Waals surface area contributed by atoms with E-state index in [0.717, 1.165) is 12.1 Å². The van der Waals surface area contributed by atoms with Crippen molar-refractivity contribution < 1.29 is 13.2 Å². The van der Waals surface area contributed by atoms with E-state index in [-0.39, 0.29) is 10.8 Å². The Bertz CT molecular complexity index is 568. The molecule has 0 fully saturated rings. The third kappa shape index (κ3) is 6.24. The van der Waals surface area contributed by atoms with Crippen molar-refractivity contribution in [3.8, 4) is 0 Å². The second-order valence-electron chi connectivity index (χ2n) is 5.25. The summed E-state index contributed by atoms with van der Waals surface area (Å²) in [6, 6.07) is 6.43. The number of amides is 1. The van der Waals surface area contributed by atoms with Gasteiger partial charge in [-0.1, -0.05) is 12.1 Å². The van der Waals surface area contributed by atoms with Gasteiger partial charge in [0.15, 0.2) is 0 Å². The average molecular weight is 313 g/mol. The van der Waals surface area contributed by atoms with Gasteiger partial charge in [-0.05, 0) is 38.2 Å². The Labute approximate surface area is 126 Å². The van der Waals surface area contributed by atoms with Gasteiger partial charge in [0.05, 0.1) is 4.90 Å². The van der Waals surface area contributed by atoms with E-state index in [9.17, 15) is 13.2 Å². The Morgan fingerprint density at radius 3 is 2.10 bits per heavy atom. The predicted molar refractivity (Wildman–Crippen MR) is 82.3 cm³/mol. The minimum Gasteiger partial charge on any atom is -0.341 e. The molecule has 1 aromatic carbocycles. The summed E-state index contributed by atoms with van der Waals surface area (Å²) in [7, 11) is 0.273. The van der Waals surface area contributed by atoms with Gasteiger partial charge in [-0.15, -0.1) is 0 Å². The summed E-state index contributed by atoms with van der Waals surface area (Å²) in [6.07, 6.45) is 0.678. The van der Waals surface area contributed by atoms with Crippen LogP contribution in [0.1, 0.15) is 12.5 Å². The van der Waals surface area contributed by atoms with E-state index in [2.05, 4.69) is 0 Å².